The third-order valence-corrected chi connectivity index (χ3v) is 3.59. The Bertz CT molecular complexity index is 446. The molecule has 0 radical (unpaired) electrons. The standard InChI is InChI=1S/C13H15BrClFN2/c1-13(2,4-3-5-17)8-18-12-10(14)6-9(16)7-11(12)15/h6-7,18H,3-4,8H2,1-2H3. The molecule has 18 heavy (non-hydrogen) atoms. The van der Waals surface area contributed by atoms with Crippen molar-refractivity contribution in [3.63, 3.8) is 0 Å². The van der Waals surface area contributed by atoms with E-state index in [1.807, 2.05) is 0 Å². The van der Waals surface area contributed by atoms with Gasteiger partial charge in [-0.1, -0.05) is 25.4 Å². The first kappa shape index (κ1) is 15.3. The third-order valence-electron chi connectivity index (χ3n) is 2.66. The summed E-state index contributed by atoms with van der Waals surface area (Å²) in [5, 5.41) is 12.1. The zero-order valence-corrected chi connectivity index (χ0v) is 12.7. The van der Waals surface area contributed by atoms with E-state index in [1.54, 1.807) is 0 Å². The van der Waals surface area contributed by atoms with Gasteiger partial charge in [-0.05, 0) is 39.9 Å². The fourth-order valence-corrected chi connectivity index (χ4v) is 2.48. The molecule has 0 spiro atoms. The summed E-state index contributed by atoms with van der Waals surface area (Å²) in [6.45, 7) is 4.81. The Morgan fingerprint density at radius 2 is 2.17 bits per heavy atom. The molecule has 1 N–H and O–H groups in total. The second kappa shape index (κ2) is 6.40. The van der Waals surface area contributed by atoms with Gasteiger partial charge in [0, 0.05) is 17.4 Å². The quantitative estimate of drug-likeness (QED) is 0.824. The number of nitrogens with one attached hydrogen (secondary N) is 1. The van der Waals surface area contributed by atoms with Crippen LogP contribution in [0, 0.1) is 22.6 Å². The minimum Gasteiger partial charge on any atom is -0.382 e. The summed E-state index contributed by atoms with van der Waals surface area (Å²) >= 11 is 9.26. The van der Waals surface area contributed by atoms with Crippen molar-refractivity contribution in [2.24, 2.45) is 5.41 Å². The van der Waals surface area contributed by atoms with Crippen molar-refractivity contribution in [3.8, 4) is 6.07 Å². The molecule has 0 aliphatic rings. The van der Waals surface area contributed by atoms with Crippen LogP contribution >= 0.6 is 27.5 Å². The van der Waals surface area contributed by atoms with E-state index in [2.05, 4.69) is 41.2 Å². The molecule has 0 saturated heterocycles. The van der Waals surface area contributed by atoms with Gasteiger partial charge in [-0.25, -0.2) is 4.39 Å². The molecular formula is C13H15BrClFN2. The van der Waals surface area contributed by atoms with Gasteiger partial charge in [-0.2, -0.15) is 5.26 Å². The monoisotopic (exact) mass is 332 g/mol. The molecule has 1 aromatic rings. The average Bonchev–Trinajstić information content (AvgIpc) is 2.24. The summed E-state index contributed by atoms with van der Waals surface area (Å²) in [5.41, 5.74) is 0.662. The summed E-state index contributed by atoms with van der Waals surface area (Å²) in [6.07, 6.45) is 1.32. The number of hydrogen-bond acceptors (Lipinski definition) is 2. The number of hydrogen-bond donors (Lipinski definition) is 1. The molecule has 98 valence electrons. The van der Waals surface area contributed by atoms with Crippen LogP contribution < -0.4 is 5.32 Å². The van der Waals surface area contributed by atoms with Crippen molar-refractivity contribution in [1.82, 2.24) is 0 Å². The largest absolute Gasteiger partial charge is 0.382 e. The minimum atomic E-state index is -0.374. The molecule has 0 bridgehead atoms. The van der Waals surface area contributed by atoms with Crippen LogP contribution in [0.1, 0.15) is 26.7 Å². The average molecular weight is 334 g/mol. The summed E-state index contributed by atoms with van der Waals surface area (Å²) < 4.78 is 13.7. The van der Waals surface area contributed by atoms with Crippen LogP contribution in [0.5, 0.6) is 0 Å². The predicted molar refractivity (Wildman–Crippen MR) is 76.2 cm³/mol. The lowest BCUT2D eigenvalue weighted by molar-refractivity contribution is 0.364. The van der Waals surface area contributed by atoms with Crippen molar-refractivity contribution in [1.29, 1.82) is 5.26 Å². The highest BCUT2D eigenvalue weighted by molar-refractivity contribution is 9.10. The van der Waals surface area contributed by atoms with Crippen molar-refractivity contribution >= 4 is 33.2 Å². The van der Waals surface area contributed by atoms with E-state index in [0.717, 1.165) is 6.42 Å². The summed E-state index contributed by atoms with van der Waals surface area (Å²) in [5.74, 6) is -0.374. The molecular weight excluding hydrogens is 319 g/mol. The van der Waals surface area contributed by atoms with Gasteiger partial charge >= 0.3 is 0 Å². The molecule has 1 aromatic carbocycles. The Morgan fingerprint density at radius 1 is 1.50 bits per heavy atom. The Labute approximate surface area is 120 Å². The normalized spacial score (nSPS) is 11.1. The molecule has 1 rings (SSSR count). The maximum absolute atomic E-state index is 13.1. The lowest BCUT2D eigenvalue weighted by Crippen LogP contribution is -2.23. The molecule has 0 atom stereocenters. The molecule has 0 aliphatic carbocycles. The van der Waals surface area contributed by atoms with Crippen LogP contribution in [0.2, 0.25) is 5.02 Å². The van der Waals surface area contributed by atoms with Crippen LogP contribution in [-0.4, -0.2) is 6.54 Å². The molecule has 0 fully saturated rings. The van der Waals surface area contributed by atoms with Gasteiger partial charge in [0.1, 0.15) is 5.82 Å². The Kier molecular flexibility index (Phi) is 5.43. The predicted octanol–water partition coefficient (Wildman–Crippen LogP) is 4.98. The number of rotatable bonds is 5. The van der Waals surface area contributed by atoms with Gasteiger partial charge in [0.2, 0.25) is 0 Å². The molecule has 2 nitrogen and oxygen atoms in total. The van der Waals surface area contributed by atoms with Gasteiger partial charge in [-0.15, -0.1) is 0 Å². The van der Waals surface area contributed by atoms with Crippen LogP contribution in [0.15, 0.2) is 16.6 Å². The number of anilines is 1. The number of benzene rings is 1. The van der Waals surface area contributed by atoms with E-state index in [-0.39, 0.29) is 11.2 Å². The highest BCUT2D eigenvalue weighted by Crippen LogP contribution is 2.33. The molecule has 0 unspecified atom stereocenters. The maximum Gasteiger partial charge on any atom is 0.125 e. The van der Waals surface area contributed by atoms with Crippen molar-refractivity contribution < 1.29 is 4.39 Å². The lowest BCUT2D eigenvalue weighted by atomic mass is 9.88. The first-order valence-corrected chi connectivity index (χ1v) is 6.78. The molecule has 0 heterocycles. The zero-order chi connectivity index (χ0) is 13.8. The Morgan fingerprint density at radius 3 is 2.72 bits per heavy atom. The SMILES string of the molecule is CC(C)(CCC#N)CNc1c(Cl)cc(F)cc1Br. The minimum absolute atomic E-state index is 0.0209. The first-order valence-electron chi connectivity index (χ1n) is 5.61. The first-order chi connectivity index (χ1) is 8.35. The number of nitrogens with zero attached hydrogens (tertiary/aromatic N) is 1. The van der Waals surface area contributed by atoms with Crippen LogP contribution in [0.4, 0.5) is 10.1 Å². The van der Waals surface area contributed by atoms with E-state index in [0.29, 0.717) is 28.1 Å². The second-order valence-corrected chi connectivity index (χ2v) is 6.18. The van der Waals surface area contributed by atoms with Crippen LogP contribution in [-0.2, 0) is 0 Å². The van der Waals surface area contributed by atoms with E-state index in [4.69, 9.17) is 16.9 Å². The summed E-state index contributed by atoms with van der Waals surface area (Å²) in [4.78, 5) is 0. The Balaban J connectivity index is 2.72. The van der Waals surface area contributed by atoms with Crippen LogP contribution in [0.3, 0.4) is 0 Å². The van der Waals surface area contributed by atoms with Crippen molar-refractivity contribution in [2.75, 3.05) is 11.9 Å². The fourth-order valence-electron chi connectivity index (χ4n) is 1.52. The maximum atomic E-state index is 13.1. The molecule has 5 heteroatoms. The van der Waals surface area contributed by atoms with Gasteiger partial charge < -0.3 is 5.32 Å². The van der Waals surface area contributed by atoms with Gasteiger partial charge in [0.15, 0.2) is 0 Å². The highest BCUT2D eigenvalue weighted by atomic mass is 79.9. The third kappa shape index (κ3) is 4.47. The molecule has 0 saturated carbocycles. The van der Waals surface area contributed by atoms with Gasteiger partial charge in [-0.3, -0.25) is 0 Å². The topological polar surface area (TPSA) is 35.8 Å². The van der Waals surface area contributed by atoms with E-state index in [9.17, 15) is 4.39 Å². The number of nitriles is 1. The van der Waals surface area contributed by atoms with E-state index < -0.39 is 0 Å². The van der Waals surface area contributed by atoms with E-state index in [1.165, 1.54) is 12.1 Å². The second-order valence-electron chi connectivity index (χ2n) is 4.92. The molecule has 0 aliphatic heterocycles. The lowest BCUT2D eigenvalue weighted by Gasteiger charge is -2.25. The molecule has 0 amide bonds. The Hall–Kier alpha value is -0.790. The fraction of sp³-hybridized carbons (Fsp3) is 0.462. The summed E-state index contributed by atoms with van der Waals surface area (Å²) in [7, 11) is 0. The number of halogens is 3. The van der Waals surface area contributed by atoms with E-state index >= 15 is 0 Å². The molecule has 0 aromatic heterocycles. The van der Waals surface area contributed by atoms with Gasteiger partial charge in [0.25, 0.3) is 0 Å². The van der Waals surface area contributed by atoms with Crippen molar-refractivity contribution in [3.05, 3.63) is 27.4 Å². The smallest absolute Gasteiger partial charge is 0.125 e. The van der Waals surface area contributed by atoms with Crippen molar-refractivity contribution in [2.45, 2.75) is 26.7 Å². The summed E-state index contributed by atoms with van der Waals surface area (Å²) in [6, 6.07) is 4.79. The van der Waals surface area contributed by atoms with Gasteiger partial charge in [0.05, 0.1) is 16.8 Å². The zero-order valence-electron chi connectivity index (χ0n) is 10.4. The van der Waals surface area contributed by atoms with Crippen LogP contribution in [0.25, 0.3) is 0 Å². The highest BCUT2D eigenvalue weighted by Gasteiger charge is 2.18.